The minimum absolute atomic E-state index is 0.242. The molecule has 0 fully saturated rings. The number of benzene rings is 1. The van der Waals surface area contributed by atoms with Crippen LogP contribution in [0.1, 0.15) is 120 Å². The maximum atomic E-state index is 12.1. The van der Waals surface area contributed by atoms with Gasteiger partial charge in [-0.1, -0.05) is 109 Å². The third-order valence-electron chi connectivity index (χ3n) is 5.46. The maximum Gasteiger partial charge on any atom is 0.259 e. The molecule has 1 aromatic carbocycles. The van der Waals surface area contributed by atoms with Crippen LogP contribution in [0.2, 0.25) is 0 Å². The molecule has 0 radical (unpaired) electrons. The van der Waals surface area contributed by atoms with E-state index in [0.29, 0.717) is 15.6 Å². The summed E-state index contributed by atoms with van der Waals surface area (Å²) in [5, 5.41) is 2.42. The van der Waals surface area contributed by atoms with Crippen LogP contribution >= 0.6 is 21.2 Å². The Labute approximate surface area is 193 Å². The van der Waals surface area contributed by atoms with Crippen molar-refractivity contribution in [1.82, 2.24) is 5.32 Å². The highest BCUT2D eigenvalue weighted by atomic mass is 127. The maximum absolute atomic E-state index is 12.1. The Bertz CT molecular complexity index is 618. The van der Waals surface area contributed by atoms with E-state index in [4.69, 9.17) is 0 Å². The zero-order valence-electron chi connectivity index (χ0n) is 18.7. The first-order valence-corrected chi connectivity index (χ1v) is 13.8. The second kappa shape index (κ2) is 18.6. The molecule has 0 saturated heterocycles. The van der Waals surface area contributed by atoms with Gasteiger partial charge in [-0.25, -0.2) is 0 Å². The number of hydrogen-bond acceptors (Lipinski definition) is 3. The number of unbranched alkanes of at least 4 members (excludes halogenated alkanes) is 14. The molecule has 30 heavy (non-hydrogen) atoms. The fraction of sp³-hybridized carbons (Fsp3) is 0.680. The Hall–Kier alpha value is -1.11. The quantitative estimate of drug-likeness (QED) is 0.157. The number of amides is 2. The lowest BCUT2D eigenvalue weighted by molar-refractivity contribution is -0.120. The van der Waals surface area contributed by atoms with E-state index in [1.165, 1.54) is 77.0 Å². The lowest BCUT2D eigenvalue weighted by atomic mass is 10.0. The molecule has 2 amide bonds. The molecule has 0 aliphatic heterocycles. The zero-order chi connectivity index (χ0) is 21.9. The van der Waals surface area contributed by atoms with E-state index in [1.807, 2.05) is 0 Å². The highest BCUT2D eigenvalue weighted by Crippen LogP contribution is 2.16. The molecule has 0 unspecified atom stereocenters. The van der Waals surface area contributed by atoms with Crippen LogP contribution in [0.5, 0.6) is 0 Å². The fourth-order valence-corrected chi connectivity index (χ4v) is 4.64. The molecule has 0 aromatic heterocycles. The van der Waals surface area contributed by atoms with Gasteiger partial charge in [0, 0.05) is 6.42 Å². The molecular formula is C25H40INO3. The monoisotopic (exact) mass is 529 g/mol. The van der Waals surface area contributed by atoms with Crippen molar-refractivity contribution in [2.24, 2.45) is 0 Å². The van der Waals surface area contributed by atoms with Crippen LogP contribution in [0.15, 0.2) is 24.3 Å². The topological polar surface area (TPSA) is 63.2 Å². The van der Waals surface area contributed by atoms with E-state index < -0.39 is 27.1 Å². The van der Waals surface area contributed by atoms with Crippen molar-refractivity contribution in [3.63, 3.8) is 0 Å². The number of carbonyl (C=O) groups is 2. The summed E-state index contributed by atoms with van der Waals surface area (Å²) < 4.78 is 11.8. The van der Waals surface area contributed by atoms with Gasteiger partial charge in [0.2, 0.25) is 5.91 Å². The largest absolute Gasteiger partial charge is 0.292 e. The van der Waals surface area contributed by atoms with Gasteiger partial charge in [-0.05, 0) is 18.6 Å². The minimum atomic E-state index is -1.42. The van der Waals surface area contributed by atoms with Crippen molar-refractivity contribution >= 4 is 33.0 Å². The third kappa shape index (κ3) is 13.2. The molecule has 1 rings (SSSR count). The Morgan fingerprint density at radius 1 is 0.733 bits per heavy atom. The van der Waals surface area contributed by atoms with Crippen molar-refractivity contribution in [3.05, 3.63) is 33.4 Å². The summed E-state index contributed by atoms with van der Waals surface area (Å²) in [6.45, 7) is 2.26. The minimum Gasteiger partial charge on any atom is -0.292 e. The van der Waals surface area contributed by atoms with Gasteiger partial charge in [0.1, 0.15) is 0 Å². The molecule has 0 saturated carbocycles. The Morgan fingerprint density at radius 3 is 1.70 bits per heavy atom. The molecule has 170 valence electrons. The molecular weight excluding hydrogens is 489 g/mol. The van der Waals surface area contributed by atoms with E-state index in [-0.39, 0.29) is 5.91 Å². The predicted octanol–water partition coefficient (Wildman–Crippen LogP) is 7.69. The van der Waals surface area contributed by atoms with Crippen molar-refractivity contribution in [1.29, 1.82) is 0 Å². The second-order valence-electron chi connectivity index (χ2n) is 8.13. The van der Waals surface area contributed by atoms with Crippen molar-refractivity contribution < 1.29 is 12.7 Å². The molecule has 0 heterocycles. The molecule has 1 aromatic rings. The predicted molar refractivity (Wildman–Crippen MR) is 132 cm³/mol. The van der Waals surface area contributed by atoms with Gasteiger partial charge in [0.05, 0.1) is 9.13 Å². The molecule has 5 heteroatoms. The van der Waals surface area contributed by atoms with Gasteiger partial charge < -0.3 is 0 Å². The molecule has 0 bridgehead atoms. The molecule has 0 aliphatic carbocycles. The molecule has 0 aliphatic rings. The first-order chi connectivity index (χ1) is 14.7. The number of rotatable bonds is 18. The summed E-state index contributed by atoms with van der Waals surface area (Å²) >= 11 is -1.42. The first kappa shape index (κ1) is 26.9. The summed E-state index contributed by atoms with van der Waals surface area (Å²) in [6, 6.07) is 6.76. The average Bonchev–Trinajstić information content (AvgIpc) is 2.76. The normalized spacial score (nSPS) is 10.8. The summed E-state index contributed by atoms with van der Waals surface area (Å²) in [5.41, 5.74) is 0.352. The Morgan fingerprint density at radius 2 is 1.20 bits per heavy atom. The molecule has 4 nitrogen and oxygen atoms in total. The number of halogens is 1. The van der Waals surface area contributed by atoms with Crippen LogP contribution in [-0.4, -0.2) is 11.8 Å². The van der Waals surface area contributed by atoms with Crippen LogP contribution in [0.25, 0.3) is 0 Å². The van der Waals surface area contributed by atoms with Gasteiger partial charge in [0.25, 0.3) is 5.91 Å². The van der Waals surface area contributed by atoms with Crippen molar-refractivity contribution in [2.75, 3.05) is 0 Å². The van der Waals surface area contributed by atoms with Crippen LogP contribution in [0.4, 0.5) is 0 Å². The summed E-state index contributed by atoms with van der Waals surface area (Å²) in [6.07, 6.45) is 19.7. The summed E-state index contributed by atoms with van der Waals surface area (Å²) in [4.78, 5) is 24.1. The van der Waals surface area contributed by atoms with Crippen molar-refractivity contribution in [3.8, 4) is 0 Å². The smallest absolute Gasteiger partial charge is 0.259 e. The van der Waals surface area contributed by atoms with Crippen LogP contribution in [0, 0.1) is 3.57 Å². The van der Waals surface area contributed by atoms with Crippen LogP contribution in [0.3, 0.4) is 0 Å². The van der Waals surface area contributed by atoms with Gasteiger partial charge in [-0.3, -0.25) is 18.0 Å². The van der Waals surface area contributed by atoms with Gasteiger partial charge in [-0.15, -0.1) is 0 Å². The third-order valence-corrected chi connectivity index (χ3v) is 6.88. The van der Waals surface area contributed by atoms with E-state index in [0.717, 1.165) is 19.3 Å². The van der Waals surface area contributed by atoms with Crippen LogP contribution in [-0.2, 0) is 7.86 Å². The standard InChI is InChI=1S/C25H40INO3/c1-2-3-4-5-6-7-8-9-10-11-12-13-14-15-16-21-24(28)27-25(29)22-19-17-18-20-23(22)26-30/h17-20H,2-16,21H2,1H3,(H,27,28,29). The summed E-state index contributed by atoms with van der Waals surface area (Å²) in [5.74, 6) is -0.680. The second-order valence-corrected chi connectivity index (χ2v) is 9.74. The van der Waals surface area contributed by atoms with Gasteiger partial charge >= 0.3 is 0 Å². The molecule has 0 spiro atoms. The highest BCUT2D eigenvalue weighted by molar-refractivity contribution is 14.1. The van der Waals surface area contributed by atoms with E-state index in [1.54, 1.807) is 24.3 Å². The lowest BCUT2D eigenvalue weighted by Gasteiger charge is -2.06. The number of carbonyl (C=O) groups excluding carboxylic acids is 2. The zero-order valence-corrected chi connectivity index (χ0v) is 20.9. The summed E-state index contributed by atoms with van der Waals surface area (Å²) in [7, 11) is 0. The van der Waals surface area contributed by atoms with Gasteiger partial charge in [0.15, 0.2) is 21.2 Å². The van der Waals surface area contributed by atoms with E-state index in [2.05, 4.69) is 12.2 Å². The van der Waals surface area contributed by atoms with Gasteiger partial charge in [-0.2, -0.15) is 0 Å². The average molecular weight is 530 g/mol. The Balaban J connectivity index is 1.94. The van der Waals surface area contributed by atoms with Crippen molar-refractivity contribution in [2.45, 2.75) is 110 Å². The number of imide groups is 1. The first-order valence-electron chi connectivity index (χ1n) is 11.9. The number of hydrogen-bond donors (Lipinski definition) is 1. The van der Waals surface area contributed by atoms with E-state index in [9.17, 15) is 12.7 Å². The van der Waals surface area contributed by atoms with Crippen LogP contribution < -0.4 is 5.32 Å². The SMILES string of the molecule is CCCCCCCCCCCCCCCCCC(=O)NC(=O)c1ccccc1I=O. The number of nitrogens with one attached hydrogen (secondary N) is 1. The highest BCUT2D eigenvalue weighted by Gasteiger charge is 2.13. The lowest BCUT2D eigenvalue weighted by Crippen LogP contribution is -2.30. The van der Waals surface area contributed by atoms with E-state index >= 15 is 0 Å². The molecule has 1 N–H and O–H groups in total. The Kier molecular flexibility index (Phi) is 16.7. The molecule has 0 atom stereocenters. The fourth-order valence-electron chi connectivity index (χ4n) is 3.63.